The van der Waals surface area contributed by atoms with Gasteiger partial charge in [-0.1, -0.05) is 31.5 Å². The Balaban J connectivity index is 0. The van der Waals surface area contributed by atoms with Gasteiger partial charge in [-0.05, 0) is 17.9 Å². The average Bonchev–Trinajstić information content (AvgIpc) is 2.37. The fraction of sp³-hybridized carbons (Fsp3) is 0.429. The Labute approximate surface area is 152 Å². The molecule has 1 aromatic rings. The minimum Gasteiger partial charge on any atom is -1.00 e. The van der Waals surface area contributed by atoms with Crippen molar-refractivity contribution in [3.8, 4) is 0 Å². The van der Waals surface area contributed by atoms with E-state index in [9.17, 15) is 4.79 Å². The molecule has 0 aliphatic heterocycles. The smallest absolute Gasteiger partial charge is 1.00 e. The summed E-state index contributed by atoms with van der Waals surface area (Å²) in [7, 11) is 0. The van der Waals surface area contributed by atoms with Crippen molar-refractivity contribution >= 4 is 40.6 Å². The van der Waals surface area contributed by atoms with Crippen molar-refractivity contribution in [1.29, 1.82) is 0 Å². The molecule has 0 aliphatic rings. The van der Waals surface area contributed by atoms with E-state index in [0.717, 1.165) is 12.8 Å². The number of ether oxygens (including phenoxy) is 2. The van der Waals surface area contributed by atoms with Gasteiger partial charge in [0.15, 0.2) is 0 Å². The Hall–Kier alpha value is 0.0562. The van der Waals surface area contributed by atoms with Crippen LogP contribution < -0.4 is 17.0 Å². The average molecular weight is 374 g/mol. The van der Waals surface area contributed by atoms with Crippen molar-refractivity contribution in [3.63, 3.8) is 0 Å². The second kappa shape index (κ2) is 12.8. The second-order valence-corrected chi connectivity index (χ2v) is 4.26. The summed E-state index contributed by atoms with van der Waals surface area (Å²) in [5, 5.41) is 0.563. The topological polar surface area (TPSA) is 35.5 Å². The van der Waals surface area contributed by atoms with E-state index in [-0.39, 0.29) is 46.1 Å². The summed E-state index contributed by atoms with van der Waals surface area (Å²) in [6.45, 7) is 4.79. The molecule has 3 nitrogen and oxygen atoms in total. The van der Waals surface area contributed by atoms with Gasteiger partial charge in [0.2, 0.25) is 0 Å². The minimum atomic E-state index is -0.437. The van der Waals surface area contributed by atoms with Gasteiger partial charge in [-0.25, -0.2) is 0 Å². The zero-order valence-electron chi connectivity index (χ0n) is 11.8. The van der Waals surface area contributed by atoms with Crippen LogP contribution in [0.4, 0.5) is 0 Å². The van der Waals surface area contributed by atoms with Gasteiger partial charge >= 0.3 is 29.0 Å². The van der Waals surface area contributed by atoms with E-state index in [4.69, 9.17) is 21.1 Å². The molecule has 20 heavy (non-hydrogen) atoms. The van der Waals surface area contributed by atoms with E-state index in [2.05, 4.69) is 0 Å². The second-order valence-electron chi connectivity index (χ2n) is 3.82. The molecule has 0 fully saturated rings. The summed E-state index contributed by atoms with van der Waals surface area (Å²) in [5.41, 5.74) is 0.650. The first-order valence-corrected chi connectivity index (χ1v) is 6.49. The summed E-state index contributed by atoms with van der Waals surface area (Å²) < 4.78 is 10.6. The summed E-state index contributed by atoms with van der Waals surface area (Å²) in [5.74, 6) is -0.437. The van der Waals surface area contributed by atoms with E-state index in [0.29, 0.717) is 23.8 Å². The maximum absolute atomic E-state index is 11.9. The molecule has 0 saturated carbocycles. The van der Waals surface area contributed by atoms with Gasteiger partial charge in [-0.2, -0.15) is 11.6 Å². The van der Waals surface area contributed by atoms with Crippen LogP contribution in [0.5, 0.6) is 0 Å². The standard InChI is InChI=1S/C14H18ClO3.BrH.Mg/c1-3-8-17-13(14(16)18-9-4-2)11-6-5-7-12(15)10-11;;/h5-7,10H,3-4,8-9H2,1-2H3;1H;/q-1;;+2/p-1. The Morgan fingerprint density at radius 1 is 1.25 bits per heavy atom. The zero-order valence-corrected chi connectivity index (χ0v) is 15.6. The quantitative estimate of drug-likeness (QED) is 0.390. The molecule has 0 amide bonds. The van der Waals surface area contributed by atoms with Crippen LogP contribution in [0.15, 0.2) is 24.3 Å². The summed E-state index contributed by atoms with van der Waals surface area (Å²) in [6.07, 6.45) is 1.83. The van der Waals surface area contributed by atoms with Crippen LogP contribution in [0.25, 0.3) is 0 Å². The Kier molecular flexibility index (Phi) is 14.3. The molecular weight excluding hydrogens is 356 g/mol. The van der Waals surface area contributed by atoms with Crippen molar-refractivity contribution in [2.45, 2.75) is 26.7 Å². The Morgan fingerprint density at radius 2 is 1.90 bits per heavy atom. The molecule has 0 heterocycles. The molecule has 0 aromatic heterocycles. The van der Waals surface area contributed by atoms with Gasteiger partial charge in [0.05, 0.1) is 12.7 Å². The van der Waals surface area contributed by atoms with Crippen LogP contribution in [-0.4, -0.2) is 42.2 Å². The summed E-state index contributed by atoms with van der Waals surface area (Å²) in [4.78, 5) is 11.9. The summed E-state index contributed by atoms with van der Waals surface area (Å²) in [6, 6.07) is 7.00. The number of rotatable bonds is 7. The molecule has 0 spiro atoms. The predicted molar refractivity (Wildman–Crippen MR) is 77.0 cm³/mol. The molecule has 0 bridgehead atoms. The Bertz CT molecular complexity index is 390. The van der Waals surface area contributed by atoms with Gasteiger partial charge in [0, 0.05) is 6.61 Å². The van der Waals surface area contributed by atoms with E-state index in [1.807, 2.05) is 13.8 Å². The van der Waals surface area contributed by atoms with Crippen molar-refractivity contribution < 1.29 is 31.2 Å². The van der Waals surface area contributed by atoms with E-state index in [1.54, 1.807) is 24.3 Å². The van der Waals surface area contributed by atoms with E-state index in [1.165, 1.54) is 0 Å². The van der Waals surface area contributed by atoms with Gasteiger partial charge < -0.3 is 26.5 Å². The van der Waals surface area contributed by atoms with Crippen LogP contribution in [0.3, 0.4) is 0 Å². The largest absolute Gasteiger partial charge is 2.00 e. The molecule has 0 aliphatic carbocycles. The monoisotopic (exact) mass is 372 g/mol. The molecule has 0 atom stereocenters. The first kappa shape index (κ1) is 22.3. The van der Waals surface area contributed by atoms with Gasteiger partial charge in [-0.15, -0.1) is 12.1 Å². The summed E-state index contributed by atoms with van der Waals surface area (Å²) >= 11 is 5.91. The van der Waals surface area contributed by atoms with Crippen LogP contribution in [0.1, 0.15) is 32.3 Å². The number of carbonyl (C=O) groups excluding carboxylic acids is 1. The molecule has 0 saturated heterocycles. The number of hydrogen-bond donors (Lipinski definition) is 0. The number of benzene rings is 1. The fourth-order valence-corrected chi connectivity index (χ4v) is 1.54. The molecule has 1 aromatic carbocycles. The normalized spacial score (nSPS) is 9.15. The van der Waals surface area contributed by atoms with Crippen LogP contribution in [0.2, 0.25) is 5.02 Å². The maximum Gasteiger partial charge on any atom is 2.00 e. The van der Waals surface area contributed by atoms with Crippen molar-refractivity contribution in [1.82, 2.24) is 0 Å². The van der Waals surface area contributed by atoms with Crippen molar-refractivity contribution in [2.75, 3.05) is 13.2 Å². The van der Waals surface area contributed by atoms with Gasteiger partial charge in [-0.3, -0.25) is 4.79 Å². The van der Waals surface area contributed by atoms with Gasteiger partial charge in [0.25, 0.3) is 0 Å². The molecule has 108 valence electrons. The minimum absolute atomic E-state index is 0. The number of halogens is 2. The Morgan fingerprint density at radius 3 is 2.45 bits per heavy atom. The van der Waals surface area contributed by atoms with Crippen LogP contribution in [0, 0.1) is 6.10 Å². The molecule has 6 heteroatoms. The van der Waals surface area contributed by atoms with Crippen molar-refractivity contribution in [3.05, 3.63) is 41.0 Å². The third-order valence-electron chi connectivity index (χ3n) is 2.16. The molecule has 0 unspecified atom stereocenters. The molecular formula is C14H18BrClMgO3. The third-order valence-corrected chi connectivity index (χ3v) is 2.40. The van der Waals surface area contributed by atoms with Gasteiger partial charge in [0.1, 0.15) is 0 Å². The fourth-order valence-electron chi connectivity index (χ4n) is 1.35. The van der Waals surface area contributed by atoms with Crippen LogP contribution in [-0.2, 0) is 14.3 Å². The molecule has 1 rings (SSSR count). The SMILES string of the molecule is CCCOC(=O)[C-](OCCC)c1cccc(Cl)c1.[Br-].[Mg+2]. The van der Waals surface area contributed by atoms with Crippen molar-refractivity contribution in [2.24, 2.45) is 0 Å². The third kappa shape index (κ3) is 7.74. The predicted octanol–water partition coefficient (Wildman–Crippen LogP) is 0.223. The first-order chi connectivity index (χ1) is 8.69. The van der Waals surface area contributed by atoms with E-state index < -0.39 is 5.97 Å². The first-order valence-electron chi connectivity index (χ1n) is 6.11. The molecule has 0 N–H and O–H groups in total. The molecule has 0 radical (unpaired) electrons. The zero-order chi connectivity index (χ0) is 13.4. The number of carbonyl (C=O) groups is 1. The number of esters is 1. The van der Waals surface area contributed by atoms with Crippen LogP contribution >= 0.6 is 11.6 Å². The number of hydrogen-bond acceptors (Lipinski definition) is 3. The maximum atomic E-state index is 11.9. The van der Waals surface area contributed by atoms with E-state index >= 15 is 0 Å².